The quantitative estimate of drug-likeness (QED) is 0.700. The Bertz CT molecular complexity index is 164. The zero-order valence-electron chi connectivity index (χ0n) is 9.96. The molecule has 1 heteroatoms. The lowest BCUT2D eigenvalue weighted by molar-refractivity contribution is 0.0812. The Balaban J connectivity index is 1.73. The third kappa shape index (κ3) is 3.48. The summed E-state index contributed by atoms with van der Waals surface area (Å²) < 4.78 is 0. The van der Waals surface area contributed by atoms with Gasteiger partial charge in [-0.1, -0.05) is 51.4 Å². The van der Waals surface area contributed by atoms with Crippen LogP contribution < -0.4 is 0 Å². The van der Waals surface area contributed by atoms with Crippen molar-refractivity contribution in [2.45, 2.75) is 76.7 Å². The topological polar surface area (TPSA) is 20.2 Å². The molecule has 0 heterocycles. The van der Waals surface area contributed by atoms with E-state index in [-0.39, 0.29) is 6.10 Å². The molecule has 2 saturated carbocycles. The van der Waals surface area contributed by atoms with Gasteiger partial charge in [0.15, 0.2) is 0 Å². The molecule has 0 radical (unpaired) electrons. The zero-order valence-corrected chi connectivity index (χ0v) is 9.96. The van der Waals surface area contributed by atoms with Crippen LogP contribution in [0.25, 0.3) is 0 Å². The fraction of sp³-hybridized carbons (Fsp3) is 1.00. The molecule has 1 unspecified atom stereocenters. The maximum Gasteiger partial charge on any atom is 0.0571 e. The highest BCUT2D eigenvalue weighted by Crippen LogP contribution is 2.33. The molecule has 0 saturated heterocycles. The first kappa shape index (κ1) is 11.4. The number of hydrogen-bond acceptors (Lipinski definition) is 1. The predicted molar refractivity (Wildman–Crippen MR) is 63.8 cm³/mol. The van der Waals surface area contributed by atoms with E-state index < -0.39 is 0 Å². The van der Waals surface area contributed by atoms with Crippen molar-refractivity contribution in [2.75, 3.05) is 0 Å². The second kappa shape index (κ2) is 5.89. The standard InChI is InChI=1S/C14H26O/c15-14(13-9-5-6-10-13)11-12-7-3-1-2-4-8-12/h12-15H,1-11H2. The SMILES string of the molecule is OC(CC1CCCCCC1)C1CCCC1. The summed E-state index contributed by atoms with van der Waals surface area (Å²) in [5.41, 5.74) is 0. The van der Waals surface area contributed by atoms with Gasteiger partial charge < -0.3 is 5.11 Å². The second-order valence-electron chi connectivity index (χ2n) is 5.71. The molecule has 88 valence electrons. The zero-order chi connectivity index (χ0) is 10.5. The van der Waals surface area contributed by atoms with E-state index in [0.717, 1.165) is 12.3 Å². The Kier molecular flexibility index (Phi) is 4.49. The Morgan fingerprint density at radius 1 is 0.800 bits per heavy atom. The van der Waals surface area contributed by atoms with Crippen LogP contribution in [-0.2, 0) is 0 Å². The van der Waals surface area contributed by atoms with Crippen molar-refractivity contribution >= 4 is 0 Å². The number of aliphatic hydroxyl groups excluding tert-OH is 1. The number of hydrogen-bond donors (Lipinski definition) is 1. The van der Waals surface area contributed by atoms with Gasteiger partial charge in [0, 0.05) is 0 Å². The summed E-state index contributed by atoms with van der Waals surface area (Å²) in [6.45, 7) is 0. The third-order valence-electron chi connectivity index (χ3n) is 4.49. The van der Waals surface area contributed by atoms with Crippen molar-refractivity contribution in [3.05, 3.63) is 0 Å². The molecule has 0 aromatic rings. The normalized spacial score (nSPS) is 27.8. The maximum absolute atomic E-state index is 10.2. The van der Waals surface area contributed by atoms with Crippen LogP contribution in [-0.4, -0.2) is 11.2 Å². The predicted octanol–water partition coefficient (Wildman–Crippen LogP) is 3.90. The molecule has 2 aliphatic carbocycles. The van der Waals surface area contributed by atoms with Gasteiger partial charge in [0.25, 0.3) is 0 Å². The first-order chi connectivity index (χ1) is 7.36. The maximum atomic E-state index is 10.2. The first-order valence-electron chi connectivity index (χ1n) is 7.04. The van der Waals surface area contributed by atoms with Gasteiger partial charge in [-0.2, -0.15) is 0 Å². The Hall–Kier alpha value is -0.0400. The van der Waals surface area contributed by atoms with Crippen molar-refractivity contribution in [1.82, 2.24) is 0 Å². The molecule has 0 aromatic heterocycles. The smallest absolute Gasteiger partial charge is 0.0571 e. The number of aliphatic hydroxyl groups is 1. The van der Waals surface area contributed by atoms with Crippen LogP contribution in [0.4, 0.5) is 0 Å². The fourth-order valence-electron chi connectivity index (χ4n) is 3.48. The van der Waals surface area contributed by atoms with Crippen LogP contribution >= 0.6 is 0 Å². The molecule has 15 heavy (non-hydrogen) atoms. The van der Waals surface area contributed by atoms with Gasteiger partial charge in [0.2, 0.25) is 0 Å². The van der Waals surface area contributed by atoms with E-state index in [1.165, 1.54) is 64.2 Å². The third-order valence-corrected chi connectivity index (χ3v) is 4.49. The Morgan fingerprint density at radius 2 is 1.33 bits per heavy atom. The summed E-state index contributed by atoms with van der Waals surface area (Å²) in [6.07, 6.45) is 14.8. The highest BCUT2D eigenvalue weighted by Gasteiger charge is 2.25. The van der Waals surface area contributed by atoms with Crippen LogP contribution in [0.2, 0.25) is 0 Å². The molecule has 0 aromatic carbocycles. The molecule has 0 amide bonds. The van der Waals surface area contributed by atoms with Crippen molar-refractivity contribution < 1.29 is 5.11 Å². The second-order valence-corrected chi connectivity index (χ2v) is 5.71. The van der Waals surface area contributed by atoms with Crippen molar-refractivity contribution in [2.24, 2.45) is 11.8 Å². The largest absolute Gasteiger partial charge is 0.393 e. The molecule has 1 atom stereocenters. The van der Waals surface area contributed by atoms with Crippen molar-refractivity contribution in [3.8, 4) is 0 Å². The number of rotatable bonds is 3. The van der Waals surface area contributed by atoms with E-state index in [9.17, 15) is 5.11 Å². The average Bonchev–Trinajstić information content (AvgIpc) is 2.65. The summed E-state index contributed by atoms with van der Waals surface area (Å²) in [7, 11) is 0. The minimum absolute atomic E-state index is 0.0237. The van der Waals surface area contributed by atoms with Crippen molar-refractivity contribution in [3.63, 3.8) is 0 Å². The summed E-state index contributed by atoms with van der Waals surface area (Å²) in [5.74, 6) is 1.48. The van der Waals surface area contributed by atoms with Gasteiger partial charge in [0.1, 0.15) is 0 Å². The molecular weight excluding hydrogens is 184 g/mol. The molecule has 0 aliphatic heterocycles. The van der Waals surface area contributed by atoms with Crippen LogP contribution in [0.3, 0.4) is 0 Å². The lowest BCUT2D eigenvalue weighted by Crippen LogP contribution is -2.21. The first-order valence-corrected chi connectivity index (χ1v) is 7.04. The van der Waals surface area contributed by atoms with E-state index in [0.29, 0.717) is 5.92 Å². The summed E-state index contributed by atoms with van der Waals surface area (Å²) in [5, 5.41) is 10.2. The van der Waals surface area contributed by atoms with Crippen LogP contribution in [0, 0.1) is 11.8 Å². The molecule has 1 nitrogen and oxygen atoms in total. The van der Waals surface area contributed by atoms with Gasteiger partial charge in [0.05, 0.1) is 6.10 Å². The van der Waals surface area contributed by atoms with E-state index in [1.54, 1.807) is 0 Å². The fourth-order valence-corrected chi connectivity index (χ4v) is 3.48. The molecule has 2 fully saturated rings. The van der Waals surface area contributed by atoms with Gasteiger partial charge in [-0.05, 0) is 31.1 Å². The van der Waals surface area contributed by atoms with Gasteiger partial charge in [-0.25, -0.2) is 0 Å². The van der Waals surface area contributed by atoms with Gasteiger partial charge in [-0.3, -0.25) is 0 Å². The molecule has 0 bridgehead atoms. The molecule has 2 aliphatic rings. The minimum atomic E-state index is 0.0237. The van der Waals surface area contributed by atoms with E-state index >= 15 is 0 Å². The summed E-state index contributed by atoms with van der Waals surface area (Å²) >= 11 is 0. The van der Waals surface area contributed by atoms with Crippen LogP contribution in [0.5, 0.6) is 0 Å². The van der Waals surface area contributed by atoms with Gasteiger partial charge >= 0.3 is 0 Å². The average molecular weight is 210 g/mol. The highest BCUT2D eigenvalue weighted by molar-refractivity contribution is 4.77. The Labute approximate surface area is 94.3 Å². The molecule has 2 rings (SSSR count). The van der Waals surface area contributed by atoms with Gasteiger partial charge in [-0.15, -0.1) is 0 Å². The van der Waals surface area contributed by atoms with E-state index in [2.05, 4.69) is 0 Å². The minimum Gasteiger partial charge on any atom is -0.393 e. The van der Waals surface area contributed by atoms with Crippen LogP contribution in [0.15, 0.2) is 0 Å². The van der Waals surface area contributed by atoms with E-state index in [1.807, 2.05) is 0 Å². The monoisotopic (exact) mass is 210 g/mol. The molecule has 1 N–H and O–H groups in total. The summed E-state index contributed by atoms with van der Waals surface area (Å²) in [6, 6.07) is 0. The molecular formula is C14H26O. The Morgan fingerprint density at radius 3 is 1.93 bits per heavy atom. The molecule has 0 spiro atoms. The van der Waals surface area contributed by atoms with E-state index in [4.69, 9.17) is 0 Å². The lowest BCUT2D eigenvalue weighted by atomic mass is 9.88. The highest BCUT2D eigenvalue weighted by atomic mass is 16.3. The lowest BCUT2D eigenvalue weighted by Gasteiger charge is -2.22. The van der Waals surface area contributed by atoms with Crippen LogP contribution in [0.1, 0.15) is 70.6 Å². The summed E-state index contributed by atoms with van der Waals surface area (Å²) in [4.78, 5) is 0. The van der Waals surface area contributed by atoms with Crippen molar-refractivity contribution in [1.29, 1.82) is 0 Å².